The molecule has 4 heteroatoms. The van der Waals surface area contributed by atoms with Gasteiger partial charge in [0.15, 0.2) is 0 Å². The molecule has 0 saturated carbocycles. The standard InChI is InChI=1S/C13H15NO3/c1-15-10-3-2-4-11(7-10)16-9-13-6-5-12(8-14)17-13/h2-7H,8-9,14H2,1H3. The fraction of sp³-hybridized carbons (Fsp3) is 0.231. The highest BCUT2D eigenvalue weighted by atomic mass is 16.5. The highest BCUT2D eigenvalue weighted by molar-refractivity contribution is 5.32. The molecule has 0 unspecified atom stereocenters. The number of rotatable bonds is 5. The maximum absolute atomic E-state index is 5.58. The molecule has 17 heavy (non-hydrogen) atoms. The second kappa shape index (κ2) is 5.41. The molecule has 0 aliphatic rings. The maximum atomic E-state index is 5.58. The molecule has 0 atom stereocenters. The van der Waals surface area contributed by atoms with E-state index in [1.54, 1.807) is 7.11 Å². The van der Waals surface area contributed by atoms with Gasteiger partial charge < -0.3 is 19.6 Å². The largest absolute Gasteiger partial charge is 0.497 e. The average molecular weight is 233 g/mol. The van der Waals surface area contributed by atoms with Crippen LogP contribution in [0.4, 0.5) is 0 Å². The smallest absolute Gasteiger partial charge is 0.146 e. The van der Waals surface area contributed by atoms with Gasteiger partial charge >= 0.3 is 0 Å². The summed E-state index contributed by atoms with van der Waals surface area (Å²) in [5.41, 5.74) is 5.46. The van der Waals surface area contributed by atoms with Crippen molar-refractivity contribution in [3.8, 4) is 11.5 Å². The zero-order chi connectivity index (χ0) is 12.1. The molecule has 4 nitrogen and oxygen atoms in total. The van der Waals surface area contributed by atoms with Gasteiger partial charge in [-0.3, -0.25) is 0 Å². The van der Waals surface area contributed by atoms with E-state index >= 15 is 0 Å². The van der Waals surface area contributed by atoms with Crippen LogP contribution < -0.4 is 15.2 Å². The number of benzene rings is 1. The first-order chi connectivity index (χ1) is 8.31. The van der Waals surface area contributed by atoms with Gasteiger partial charge in [-0.2, -0.15) is 0 Å². The predicted molar refractivity (Wildman–Crippen MR) is 63.9 cm³/mol. The van der Waals surface area contributed by atoms with E-state index in [2.05, 4.69) is 0 Å². The molecule has 1 heterocycles. The fourth-order valence-corrected chi connectivity index (χ4v) is 1.46. The molecule has 2 aromatic rings. The molecule has 1 aromatic carbocycles. The Balaban J connectivity index is 1.96. The fourth-order valence-electron chi connectivity index (χ4n) is 1.46. The van der Waals surface area contributed by atoms with E-state index in [1.165, 1.54) is 0 Å². The first-order valence-corrected chi connectivity index (χ1v) is 5.36. The molecule has 90 valence electrons. The van der Waals surface area contributed by atoms with Gasteiger partial charge in [-0.15, -0.1) is 0 Å². The van der Waals surface area contributed by atoms with Crippen molar-refractivity contribution in [3.05, 3.63) is 47.9 Å². The lowest BCUT2D eigenvalue weighted by molar-refractivity contribution is 0.265. The van der Waals surface area contributed by atoms with Gasteiger partial charge in [-0.1, -0.05) is 6.07 Å². The lowest BCUT2D eigenvalue weighted by Crippen LogP contribution is -1.95. The Morgan fingerprint density at radius 3 is 2.59 bits per heavy atom. The van der Waals surface area contributed by atoms with Gasteiger partial charge in [0.05, 0.1) is 13.7 Å². The van der Waals surface area contributed by atoms with Gasteiger partial charge in [0.2, 0.25) is 0 Å². The van der Waals surface area contributed by atoms with Crippen molar-refractivity contribution in [2.45, 2.75) is 13.2 Å². The number of ether oxygens (including phenoxy) is 2. The third-order valence-corrected chi connectivity index (χ3v) is 2.34. The van der Waals surface area contributed by atoms with Crippen LogP contribution in [0, 0.1) is 0 Å². The van der Waals surface area contributed by atoms with Crippen molar-refractivity contribution in [1.82, 2.24) is 0 Å². The van der Waals surface area contributed by atoms with Crippen molar-refractivity contribution in [2.24, 2.45) is 5.73 Å². The molecule has 2 rings (SSSR count). The monoisotopic (exact) mass is 233 g/mol. The minimum Gasteiger partial charge on any atom is -0.497 e. The third-order valence-electron chi connectivity index (χ3n) is 2.34. The van der Waals surface area contributed by atoms with E-state index < -0.39 is 0 Å². The molecule has 0 aliphatic heterocycles. The molecular weight excluding hydrogens is 218 g/mol. The van der Waals surface area contributed by atoms with Crippen molar-refractivity contribution in [2.75, 3.05) is 7.11 Å². The van der Waals surface area contributed by atoms with Crippen LogP contribution in [0.3, 0.4) is 0 Å². The van der Waals surface area contributed by atoms with Crippen LogP contribution in [0.2, 0.25) is 0 Å². The Hall–Kier alpha value is -1.94. The van der Waals surface area contributed by atoms with E-state index in [0.29, 0.717) is 13.2 Å². The first kappa shape index (κ1) is 11.5. The molecule has 0 spiro atoms. The lowest BCUT2D eigenvalue weighted by Gasteiger charge is -2.05. The lowest BCUT2D eigenvalue weighted by atomic mass is 10.3. The Morgan fingerprint density at radius 2 is 1.88 bits per heavy atom. The summed E-state index contributed by atoms with van der Waals surface area (Å²) in [6.45, 7) is 0.784. The second-order valence-corrected chi connectivity index (χ2v) is 3.54. The summed E-state index contributed by atoms with van der Waals surface area (Å²) in [6.07, 6.45) is 0. The Labute approximate surface area is 99.9 Å². The predicted octanol–water partition coefficient (Wildman–Crippen LogP) is 2.33. The van der Waals surface area contributed by atoms with Crippen LogP contribution in [0.15, 0.2) is 40.8 Å². The summed E-state index contributed by atoms with van der Waals surface area (Å²) in [5.74, 6) is 3.03. The zero-order valence-electron chi connectivity index (χ0n) is 9.68. The van der Waals surface area contributed by atoms with Gasteiger partial charge in [-0.05, 0) is 24.3 Å². The molecule has 2 N–H and O–H groups in total. The maximum Gasteiger partial charge on any atom is 0.146 e. The van der Waals surface area contributed by atoms with Crippen LogP contribution in [-0.4, -0.2) is 7.11 Å². The van der Waals surface area contributed by atoms with Crippen LogP contribution in [0.1, 0.15) is 11.5 Å². The van der Waals surface area contributed by atoms with Crippen LogP contribution in [0.5, 0.6) is 11.5 Å². The minimum absolute atomic E-state index is 0.382. The van der Waals surface area contributed by atoms with E-state index in [9.17, 15) is 0 Å². The van der Waals surface area contributed by atoms with Crippen molar-refractivity contribution < 1.29 is 13.9 Å². The zero-order valence-corrected chi connectivity index (χ0v) is 9.68. The van der Waals surface area contributed by atoms with E-state index in [1.807, 2.05) is 36.4 Å². The van der Waals surface area contributed by atoms with Crippen LogP contribution in [-0.2, 0) is 13.2 Å². The Kier molecular flexibility index (Phi) is 3.67. The summed E-state index contributed by atoms with van der Waals surface area (Å²) in [5, 5.41) is 0. The second-order valence-electron chi connectivity index (χ2n) is 3.54. The van der Waals surface area contributed by atoms with Crippen molar-refractivity contribution in [3.63, 3.8) is 0 Å². The highest BCUT2D eigenvalue weighted by Gasteiger charge is 2.02. The number of nitrogens with two attached hydrogens (primary N) is 1. The summed E-state index contributed by atoms with van der Waals surface area (Å²) >= 11 is 0. The summed E-state index contributed by atoms with van der Waals surface area (Å²) in [6, 6.07) is 11.2. The van der Waals surface area contributed by atoms with E-state index in [4.69, 9.17) is 19.6 Å². The number of methoxy groups -OCH3 is 1. The van der Waals surface area contributed by atoms with Gasteiger partial charge in [0.25, 0.3) is 0 Å². The van der Waals surface area contributed by atoms with Crippen molar-refractivity contribution >= 4 is 0 Å². The van der Waals surface area contributed by atoms with Gasteiger partial charge in [-0.25, -0.2) is 0 Å². The molecule has 1 aromatic heterocycles. The number of furan rings is 1. The van der Waals surface area contributed by atoms with E-state index in [-0.39, 0.29) is 0 Å². The van der Waals surface area contributed by atoms with Gasteiger partial charge in [0, 0.05) is 6.07 Å². The molecule has 0 amide bonds. The molecule has 0 bridgehead atoms. The summed E-state index contributed by atoms with van der Waals surface area (Å²) in [7, 11) is 1.62. The average Bonchev–Trinajstić information content (AvgIpc) is 2.84. The summed E-state index contributed by atoms with van der Waals surface area (Å²) < 4.78 is 16.1. The Morgan fingerprint density at radius 1 is 1.12 bits per heavy atom. The normalized spacial score (nSPS) is 10.2. The Bertz CT molecular complexity index is 479. The number of hydrogen-bond donors (Lipinski definition) is 1. The molecule has 0 radical (unpaired) electrons. The van der Waals surface area contributed by atoms with E-state index in [0.717, 1.165) is 23.0 Å². The molecule has 0 aliphatic carbocycles. The highest BCUT2D eigenvalue weighted by Crippen LogP contribution is 2.20. The SMILES string of the molecule is COc1cccc(OCc2ccc(CN)o2)c1. The molecular formula is C13H15NO3. The van der Waals surface area contributed by atoms with Crippen molar-refractivity contribution in [1.29, 1.82) is 0 Å². The molecule has 0 saturated heterocycles. The molecule has 0 fully saturated rings. The minimum atomic E-state index is 0.382. The van der Waals surface area contributed by atoms with Crippen LogP contribution >= 0.6 is 0 Å². The topological polar surface area (TPSA) is 57.6 Å². The summed E-state index contributed by atoms with van der Waals surface area (Å²) in [4.78, 5) is 0. The first-order valence-electron chi connectivity index (χ1n) is 5.36. The van der Waals surface area contributed by atoms with Gasteiger partial charge in [0.1, 0.15) is 29.6 Å². The quantitative estimate of drug-likeness (QED) is 0.861. The number of hydrogen-bond acceptors (Lipinski definition) is 4. The third kappa shape index (κ3) is 3.01. The van der Waals surface area contributed by atoms with Crippen LogP contribution in [0.25, 0.3) is 0 Å².